The largest absolute Gasteiger partial charge is 0.486 e. The predicted octanol–water partition coefficient (Wildman–Crippen LogP) is 1.98. The summed E-state index contributed by atoms with van der Waals surface area (Å²) < 4.78 is 8.12. The van der Waals surface area contributed by atoms with Crippen LogP contribution in [0.2, 0.25) is 0 Å². The number of anilines is 2. The first-order valence-electron chi connectivity index (χ1n) is 6.96. The van der Waals surface area contributed by atoms with Crippen molar-refractivity contribution in [3.05, 3.63) is 45.4 Å². The quantitative estimate of drug-likeness (QED) is 0.898. The van der Waals surface area contributed by atoms with Gasteiger partial charge in [-0.3, -0.25) is 9.69 Å². The normalized spacial score (nSPS) is 15.4. The second-order valence-electron chi connectivity index (χ2n) is 5.45. The van der Waals surface area contributed by atoms with Crippen LogP contribution < -0.4 is 15.6 Å². The summed E-state index contributed by atoms with van der Waals surface area (Å²) in [4.78, 5) is 18.5. The summed E-state index contributed by atoms with van der Waals surface area (Å²) in [6.45, 7) is 1.88. The second-order valence-corrected chi connectivity index (χ2v) is 6.37. The van der Waals surface area contributed by atoms with E-state index in [-0.39, 0.29) is 11.7 Å². The highest BCUT2D eigenvalue weighted by molar-refractivity contribution is 9.10. The summed E-state index contributed by atoms with van der Waals surface area (Å²) in [5, 5.41) is 3.03. The molecule has 1 aliphatic heterocycles. The molecule has 0 aromatic carbocycles. The molecular formula is C15H17BrN4O2. The average Bonchev–Trinajstić information content (AvgIpc) is 2.44. The topological polar surface area (TPSA) is 59.4 Å². The summed E-state index contributed by atoms with van der Waals surface area (Å²) in [7, 11) is 3.77. The van der Waals surface area contributed by atoms with E-state index in [0.29, 0.717) is 11.5 Å². The smallest absolute Gasteiger partial charge is 0.274 e. The number of likely N-dealkylation sites (tertiary alicyclic amines) is 1. The Kier molecular flexibility index (Phi) is 4.17. The Hall–Kier alpha value is -1.86. The van der Waals surface area contributed by atoms with Crippen molar-refractivity contribution in [1.29, 1.82) is 0 Å². The van der Waals surface area contributed by atoms with Gasteiger partial charge in [-0.2, -0.15) is 0 Å². The summed E-state index contributed by atoms with van der Waals surface area (Å²) in [6, 6.07) is 5.40. The minimum atomic E-state index is -0.108. The van der Waals surface area contributed by atoms with Crippen molar-refractivity contribution in [1.82, 2.24) is 14.5 Å². The molecule has 2 aromatic rings. The maximum Gasteiger partial charge on any atom is 0.274 e. The molecule has 2 aromatic heterocycles. The van der Waals surface area contributed by atoms with Crippen molar-refractivity contribution < 1.29 is 4.74 Å². The Balaban J connectivity index is 1.70. The molecule has 1 N–H and O–H groups in total. The van der Waals surface area contributed by atoms with Gasteiger partial charge in [0.05, 0.1) is 6.20 Å². The highest BCUT2D eigenvalue weighted by Gasteiger charge is 2.24. The molecule has 0 unspecified atom stereocenters. The number of nitrogens with one attached hydrogen (secondary N) is 1. The maximum absolute atomic E-state index is 12.0. The van der Waals surface area contributed by atoms with Crippen LogP contribution in [0.1, 0.15) is 0 Å². The fourth-order valence-electron chi connectivity index (χ4n) is 2.33. The Morgan fingerprint density at radius 2 is 2.14 bits per heavy atom. The average molecular weight is 365 g/mol. The number of nitrogens with zero attached hydrogens (tertiary/aromatic N) is 3. The Morgan fingerprint density at radius 3 is 2.77 bits per heavy atom. The van der Waals surface area contributed by atoms with Crippen LogP contribution in [0, 0.1) is 0 Å². The number of hydrogen-bond donors (Lipinski definition) is 1. The van der Waals surface area contributed by atoms with Crippen LogP contribution >= 0.6 is 15.9 Å². The standard InChI is InChI=1S/C15H17BrN4O2/c1-19-8-12(9-19)22-11-3-4-14(17-6-11)18-13-5-10(16)7-20(2)15(13)21/h3-7,12H,8-9H2,1-2H3,(H,17,18). The first-order chi connectivity index (χ1) is 10.5. The molecule has 1 aliphatic rings. The van der Waals surface area contributed by atoms with Crippen LogP contribution in [0.15, 0.2) is 39.9 Å². The van der Waals surface area contributed by atoms with Gasteiger partial charge in [-0.05, 0) is 41.2 Å². The molecule has 0 bridgehead atoms. The lowest BCUT2D eigenvalue weighted by Gasteiger charge is -2.35. The van der Waals surface area contributed by atoms with Gasteiger partial charge in [0.1, 0.15) is 23.4 Å². The molecule has 6 nitrogen and oxygen atoms in total. The van der Waals surface area contributed by atoms with E-state index in [4.69, 9.17) is 4.74 Å². The van der Waals surface area contributed by atoms with Gasteiger partial charge in [-0.15, -0.1) is 0 Å². The van der Waals surface area contributed by atoms with Crippen molar-refractivity contribution in [2.75, 3.05) is 25.5 Å². The molecule has 0 aliphatic carbocycles. The minimum Gasteiger partial charge on any atom is -0.486 e. The van der Waals surface area contributed by atoms with E-state index < -0.39 is 0 Å². The molecule has 0 saturated carbocycles. The SMILES string of the molecule is CN1CC(Oc2ccc(Nc3cc(Br)cn(C)c3=O)nc2)C1. The first kappa shape index (κ1) is 15.1. The summed E-state index contributed by atoms with van der Waals surface area (Å²) in [6.07, 6.45) is 3.62. The number of rotatable bonds is 4. The van der Waals surface area contributed by atoms with Gasteiger partial charge in [-0.25, -0.2) is 4.98 Å². The fourth-order valence-corrected chi connectivity index (χ4v) is 2.87. The van der Waals surface area contributed by atoms with Gasteiger partial charge < -0.3 is 14.6 Å². The van der Waals surface area contributed by atoms with Gasteiger partial charge in [0.2, 0.25) is 0 Å². The third kappa shape index (κ3) is 3.31. The number of pyridine rings is 2. The lowest BCUT2D eigenvalue weighted by molar-refractivity contribution is 0.0386. The number of aromatic nitrogens is 2. The molecule has 3 rings (SSSR count). The molecule has 1 fully saturated rings. The monoisotopic (exact) mass is 364 g/mol. The van der Waals surface area contributed by atoms with Crippen molar-refractivity contribution in [3.8, 4) is 5.75 Å². The van der Waals surface area contributed by atoms with Crippen LogP contribution in [-0.2, 0) is 7.05 Å². The lowest BCUT2D eigenvalue weighted by Crippen LogP contribution is -2.51. The van der Waals surface area contributed by atoms with E-state index in [1.54, 1.807) is 31.6 Å². The third-order valence-electron chi connectivity index (χ3n) is 3.48. The highest BCUT2D eigenvalue weighted by atomic mass is 79.9. The summed E-state index contributed by atoms with van der Waals surface area (Å²) in [5.41, 5.74) is 0.362. The van der Waals surface area contributed by atoms with Gasteiger partial charge in [-0.1, -0.05) is 0 Å². The molecule has 22 heavy (non-hydrogen) atoms. The number of aryl methyl sites for hydroxylation is 1. The first-order valence-corrected chi connectivity index (χ1v) is 7.75. The number of ether oxygens (including phenoxy) is 1. The predicted molar refractivity (Wildman–Crippen MR) is 88.8 cm³/mol. The van der Waals surface area contributed by atoms with E-state index in [0.717, 1.165) is 23.3 Å². The Morgan fingerprint density at radius 1 is 1.36 bits per heavy atom. The maximum atomic E-state index is 12.0. The second kappa shape index (κ2) is 6.10. The Bertz CT molecular complexity index is 723. The fraction of sp³-hybridized carbons (Fsp3) is 0.333. The van der Waals surface area contributed by atoms with Crippen molar-refractivity contribution in [2.45, 2.75) is 6.10 Å². The zero-order valence-electron chi connectivity index (χ0n) is 12.4. The van der Waals surface area contributed by atoms with E-state index in [1.807, 2.05) is 6.07 Å². The highest BCUT2D eigenvalue weighted by Crippen LogP contribution is 2.20. The zero-order chi connectivity index (χ0) is 15.7. The van der Waals surface area contributed by atoms with Crippen LogP contribution in [0.3, 0.4) is 0 Å². The van der Waals surface area contributed by atoms with E-state index >= 15 is 0 Å². The lowest BCUT2D eigenvalue weighted by atomic mass is 10.2. The summed E-state index contributed by atoms with van der Waals surface area (Å²) in [5.74, 6) is 1.35. The molecule has 116 valence electrons. The molecule has 0 radical (unpaired) electrons. The number of hydrogen-bond acceptors (Lipinski definition) is 5. The van der Waals surface area contributed by atoms with Crippen LogP contribution in [-0.4, -0.2) is 40.7 Å². The van der Waals surface area contributed by atoms with Crippen LogP contribution in [0.25, 0.3) is 0 Å². The van der Waals surface area contributed by atoms with Crippen LogP contribution in [0.4, 0.5) is 11.5 Å². The molecular weight excluding hydrogens is 348 g/mol. The van der Waals surface area contributed by atoms with Gasteiger partial charge in [0.25, 0.3) is 5.56 Å². The van der Waals surface area contributed by atoms with Gasteiger partial charge in [0, 0.05) is 30.8 Å². The molecule has 0 spiro atoms. The van der Waals surface area contributed by atoms with E-state index in [1.165, 1.54) is 4.57 Å². The van der Waals surface area contributed by atoms with Crippen molar-refractivity contribution >= 4 is 27.4 Å². The molecule has 7 heteroatoms. The third-order valence-corrected chi connectivity index (χ3v) is 3.92. The summed E-state index contributed by atoms with van der Waals surface area (Å²) >= 11 is 3.37. The van der Waals surface area contributed by atoms with Crippen LogP contribution in [0.5, 0.6) is 5.75 Å². The molecule has 1 saturated heterocycles. The molecule has 3 heterocycles. The van der Waals surface area contributed by atoms with E-state index in [9.17, 15) is 4.79 Å². The van der Waals surface area contributed by atoms with Gasteiger partial charge in [0.15, 0.2) is 0 Å². The van der Waals surface area contributed by atoms with Crippen molar-refractivity contribution in [3.63, 3.8) is 0 Å². The zero-order valence-corrected chi connectivity index (χ0v) is 14.0. The molecule has 0 atom stereocenters. The Labute approximate surface area is 136 Å². The van der Waals surface area contributed by atoms with Crippen molar-refractivity contribution in [2.24, 2.45) is 7.05 Å². The molecule has 0 amide bonds. The van der Waals surface area contributed by atoms with E-state index in [2.05, 4.69) is 38.2 Å². The number of likely N-dealkylation sites (N-methyl/N-ethyl adjacent to an activating group) is 1. The number of halogens is 1. The minimum absolute atomic E-state index is 0.108. The van der Waals surface area contributed by atoms with Gasteiger partial charge >= 0.3 is 0 Å².